The van der Waals surface area contributed by atoms with E-state index in [-0.39, 0.29) is 11.8 Å². The lowest BCUT2D eigenvalue weighted by atomic mass is 10.1. The number of rotatable bonds is 3. The molecule has 6 heteroatoms. The molecule has 0 radical (unpaired) electrons. The van der Waals surface area contributed by atoms with Gasteiger partial charge in [-0.05, 0) is 49.1 Å². The molecule has 2 aliphatic rings. The number of hydrogen-bond acceptors (Lipinski definition) is 4. The number of nitrogens with zero attached hydrogens (tertiary/aromatic N) is 3. The highest BCUT2D eigenvalue weighted by atomic mass is 32.1. The van der Waals surface area contributed by atoms with Gasteiger partial charge in [0.05, 0.1) is 4.88 Å². The number of carbonyl (C=O) groups excluding carboxylic acids is 2. The molecule has 0 spiro atoms. The summed E-state index contributed by atoms with van der Waals surface area (Å²) in [6.45, 7) is 10.8. The Bertz CT molecular complexity index is 928. The second-order valence-electron chi connectivity index (χ2n) is 8.05. The van der Waals surface area contributed by atoms with Crippen molar-refractivity contribution in [2.75, 3.05) is 37.6 Å². The molecule has 2 amide bonds. The molecule has 2 aromatic rings. The van der Waals surface area contributed by atoms with Gasteiger partial charge in [-0.15, -0.1) is 11.3 Å². The number of thiophene rings is 1. The Morgan fingerprint density at radius 3 is 2.48 bits per heavy atom. The van der Waals surface area contributed by atoms with Crippen LogP contribution in [-0.4, -0.2) is 54.3 Å². The second-order valence-corrected chi connectivity index (χ2v) is 9.18. The molecule has 1 aromatic carbocycles. The Kier molecular flexibility index (Phi) is 5.63. The molecule has 0 bridgehead atoms. The van der Waals surface area contributed by atoms with Crippen LogP contribution in [0.5, 0.6) is 0 Å². The average molecular weight is 412 g/mol. The van der Waals surface area contributed by atoms with Gasteiger partial charge in [0.2, 0.25) is 5.91 Å². The summed E-state index contributed by atoms with van der Waals surface area (Å²) in [5.41, 5.74) is 4.99. The van der Waals surface area contributed by atoms with Gasteiger partial charge in [0.1, 0.15) is 0 Å². The van der Waals surface area contributed by atoms with E-state index in [1.54, 1.807) is 11.3 Å². The molecule has 5 nitrogen and oxygen atoms in total. The van der Waals surface area contributed by atoms with Crippen molar-refractivity contribution >= 4 is 28.8 Å². The third-order valence-electron chi connectivity index (χ3n) is 6.00. The second kappa shape index (κ2) is 8.19. The summed E-state index contributed by atoms with van der Waals surface area (Å²) in [6, 6.07) is 8.58. The van der Waals surface area contributed by atoms with Gasteiger partial charge in [-0.3, -0.25) is 9.59 Å². The smallest absolute Gasteiger partial charge is 0.264 e. The van der Waals surface area contributed by atoms with Crippen LogP contribution in [0.4, 0.5) is 5.69 Å². The van der Waals surface area contributed by atoms with Crippen LogP contribution in [0.1, 0.15) is 44.6 Å². The summed E-state index contributed by atoms with van der Waals surface area (Å²) < 4.78 is 0. The van der Waals surface area contributed by atoms with Crippen molar-refractivity contribution in [3.63, 3.8) is 0 Å². The lowest BCUT2D eigenvalue weighted by Gasteiger charge is -2.36. The zero-order valence-electron chi connectivity index (χ0n) is 17.5. The van der Waals surface area contributed by atoms with Crippen molar-refractivity contribution in [2.45, 2.75) is 40.2 Å². The molecule has 0 atom stereocenters. The van der Waals surface area contributed by atoms with Crippen LogP contribution in [0, 0.1) is 13.8 Å². The van der Waals surface area contributed by atoms with Crippen molar-refractivity contribution in [3.8, 4) is 0 Å². The van der Waals surface area contributed by atoms with Gasteiger partial charge in [0.25, 0.3) is 5.91 Å². The Balaban J connectivity index is 1.41. The van der Waals surface area contributed by atoms with Crippen LogP contribution in [-0.2, 0) is 17.8 Å². The highest BCUT2D eigenvalue weighted by Crippen LogP contribution is 2.30. The third-order valence-corrected chi connectivity index (χ3v) is 7.23. The number of amides is 2. The first-order chi connectivity index (χ1) is 14.0. The molecule has 1 aromatic heterocycles. The SMILES string of the molecule is CCC(=O)N1CCc2sc(C(=O)N3CCN(c4cc(C)ccc4C)CC3)cc2C1. The third kappa shape index (κ3) is 4.04. The molecule has 4 rings (SSSR count). The monoisotopic (exact) mass is 411 g/mol. The maximum Gasteiger partial charge on any atom is 0.264 e. The molecule has 0 saturated carbocycles. The number of carbonyl (C=O) groups is 2. The van der Waals surface area contributed by atoms with Crippen LogP contribution in [0.3, 0.4) is 0 Å². The zero-order chi connectivity index (χ0) is 20.5. The predicted octanol–water partition coefficient (Wildman–Crippen LogP) is 3.62. The van der Waals surface area contributed by atoms with E-state index < -0.39 is 0 Å². The predicted molar refractivity (Wildman–Crippen MR) is 118 cm³/mol. The molecular weight excluding hydrogens is 382 g/mol. The molecule has 154 valence electrons. The standard InChI is InChI=1S/C23H29N3O2S/c1-4-22(27)26-8-7-20-18(15-26)14-21(29-20)23(28)25-11-9-24(10-12-25)19-13-16(2)5-6-17(19)3/h5-6,13-14H,4,7-12,15H2,1-3H3. The van der Waals surface area contributed by atoms with E-state index in [1.165, 1.54) is 21.7 Å². The fraction of sp³-hybridized carbons (Fsp3) is 0.478. The van der Waals surface area contributed by atoms with Crippen molar-refractivity contribution in [2.24, 2.45) is 0 Å². The Morgan fingerprint density at radius 1 is 1.00 bits per heavy atom. The number of piperazine rings is 1. The van der Waals surface area contributed by atoms with E-state index in [1.807, 2.05) is 22.8 Å². The minimum absolute atomic E-state index is 0.137. The normalized spacial score (nSPS) is 16.7. The van der Waals surface area contributed by atoms with Gasteiger partial charge in [-0.1, -0.05) is 19.1 Å². The highest BCUT2D eigenvalue weighted by Gasteiger charge is 2.27. The summed E-state index contributed by atoms with van der Waals surface area (Å²) in [6.07, 6.45) is 1.40. The van der Waals surface area contributed by atoms with Crippen molar-refractivity contribution in [1.82, 2.24) is 9.80 Å². The van der Waals surface area contributed by atoms with Gasteiger partial charge in [-0.25, -0.2) is 0 Å². The zero-order valence-corrected chi connectivity index (χ0v) is 18.3. The molecule has 1 fully saturated rings. The van der Waals surface area contributed by atoms with Crippen LogP contribution < -0.4 is 4.90 Å². The van der Waals surface area contributed by atoms with Gasteiger partial charge < -0.3 is 14.7 Å². The maximum absolute atomic E-state index is 13.1. The van der Waals surface area contributed by atoms with Gasteiger partial charge >= 0.3 is 0 Å². The van der Waals surface area contributed by atoms with Crippen molar-refractivity contribution < 1.29 is 9.59 Å². The topological polar surface area (TPSA) is 43.9 Å². The number of hydrogen-bond donors (Lipinski definition) is 0. The summed E-state index contributed by atoms with van der Waals surface area (Å²) in [4.78, 5) is 33.5. The van der Waals surface area contributed by atoms with Crippen LogP contribution in [0.2, 0.25) is 0 Å². The molecule has 29 heavy (non-hydrogen) atoms. The summed E-state index contributed by atoms with van der Waals surface area (Å²) >= 11 is 1.62. The number of benzene rings is 1. The molecular formula is C23H29N3O2S. The molecule has 1 saturated heterocycles. The molecule has 0 unspecified atom stereocenters. The Morgan fingerprint density at radius 2 is 1.76 bits per heavy atom. The maximum atomic E-state index is 13.1. The molecule has 0 N–H and O–H groups in total. The minimum Gasteiger partial charge on any atom is -0.368 e. The van der Waals surface area contributed by atoms with Crippen molar-refractivity contribution in [3.05, 3.63) is 50.7 Å². The molecule has 3 heterocycles. The lowest BCUT2D eigenvalue weighted by molar-refractivity contribution is -0.131. The van der Waals surface area contributed by atoms with Crippen LogP contribution in [0.15, 0.2) is 24.3 Å². The minimum atomic E-state index is 0.137. The Hall–Kier alpha value is -2.34. The number of fused-ring (bicyclic) bond motifs is 1. The van der Waals surface area contributed by atoms with Gasteiger partial charge in [0.15, 0.2) is 0 Å². The first kappa shape index (κ1) is 20.0. The van der Waals surface area contributed by atoms with Gasteiger partial charge in [-0.2, -0.15) is 0 Å². The van der Waals surface area contributed by atoms with Crippen LogP contribution in [0.25, 0.3) is 0 Å². The fourth-order valence-electron chi connectivity index (χ4n) is 4.24. The summed E-state index contributed by atoms with van der Waals surface area (Å²) in [5, 5.41) is 0. The first-order valence-electron chi connectivity index (χ1n) is 10.5. The number of anilines is 1. The Labute approximate surface area is 176 Å². The summed E-state index contributed by atoms with van der Waals surface area (Å²) in [5.74, 6) is 0.329. The summed E-state index contributed by atoms with van der Waals surface area (Å²) in [7, 11) is 0. The lowest BCUT2D eigenvalue weighted by Crippen LogP contribution is -2.48. The molecule has 0 aliphatic carbocycles. The first-order valence-corrected chi connectivity index (χ1v) is 11.3. The molecule has 2 aliphatic heterocycles. The highest BCUT2D eigenvalue weighted by molar-refractivity contribution is 7.14. The van der Waals surface area contributed by atoms with Crippen LogP contribution >= 0.6 is 11.3 Å². The van der Waals surface area contributed by atoms with Gasteiger partial charge in [0, 0.05) is 56.3 Å². The van der Waals surface area contributed by atoms with E-state index in [4.69, 9.17) is 0 Å². The van der Waals surface area contributed by atoms with E-state index in [9.17, 15) is 9.59 Å². The average Bonchev–Trinajstić information content (AvgIpc) is 3.18. The quantitative estimate of drug-likeness (QED) is 0.775. The van der Waals surface area contributed by atoms with Crippen molar-refractivity contribution in [1.29, 1.82) is 0 Å². The van der Waals surface area contributed by atoms with E-state index >= 15 is 0 Å². The van der Waals surface area contributed by atoms with E-state index in [0.29, 0.717) is 13.0 Å². The largest absolute Gasteiger partial charge is 0.368 e. The number of aryl methyl sites for hydroxylation is 2. The van der Waals surface area contributed by atoms with E-state index in [2.05, 4.69) is 36.9 Å². The van der Waals surface area contributed by atoms with E-state index in [0.717, 1.165) is 49.6 Å². The fourth-order valence-corrected chi connectivity index (χ4v) is 5.37.